The Hall–Kier alpha value is -1.35. The highest BCUT2D eigenvalue weighted by atomic mass is 16.4. The maximum atomic E-state index is 11.1. The molecule has 0 bridgehead atoms. The molecule has 3 heteroatoms. The van der Waals surface area contributed by atoms with Crippen molar-refractivity contribution in [2.75, 3.05) is 0 Å². The average molecular weight is 233 g/mol. The van der Waals surface area contributed by atoms with E-state index in [0.717, 1.165) is 42.4 Å². The second-order valence-corrected chi connectivity index (χ2v) is 5.13. The first-order chi connectivity index (χ1) is 7.94. The van der Waals surface area contributed by atoms with Crippen LogP contribution in [-0.4, -0.2) is 11.1 Å². The summed E-state index contributed by atoms with van der Waals surface area (Å²) in [7, 11) is 0. The van der Waals surface area contributed by atoms with Crippen LogP contribution in [0.4, 0.5) is 0 Å². The first-order valence-corrected chi connectivity index (χ1v) is 6.08. The van der Waals surface area contributed by atoms with Crippen LogP contribution in [0.1, 0.15) is 52.7 Å². The molecule has 0 amide bonds. The van der Waals surface area contributed by atoms with Crippen LogP contribution in [0.25, 0.3) is 0 Å². The smallest absolute Gasteiger partial charge is 0.335 e. The monoisotopic (exact) mass is 233 g/mol. The lowest BCUT2D eigenvalue weighted by Gasteiger charge is -2.27. The van der Waals surface area contributed by atoms with Crippen LogP contribution in [0.15, 0.2) is 12.1 Å². The van der Waals surface area contributed by atoms with Crippen molar-refractivity contribution in [2.24, 2.45) is 5.73 Å². The lowest BCUT2D eigenvalue weighted by atomic mass is 9.83. The predicted molar refractivity (Wildman–Crippen MR) is 67.2 cm³/mol. The first kappa shape index (κ1) is 12.1. The molecular formula is C14H19NO2. The number of aromatic carboxylic acids is 1. The van der Waals surface area contributed by atoms with Crippen molar-refractivity contribution in [3.63, 3.8) is 0 Å². The fraction of sp³-hybridized carbons (Fsp3) is 0.500. The standard InChI is InChI=1S/C14H19NO2/c1-9-7-11(13(16)17)8-12(10(9)2)14(15)5-3-4-6-14/h7-8H,3-6,15H2,1-2H3,(H,16,17). The van der Waals surface area contributed by atoms with E-state index in [1.807, 2.05) is 13.8 Å². The van der Waals surface area contributed by atoms with Gasteiger partial charge in [-0.05, 0) is 55.5 Å². The zero-order chi connectivity index (χ0) is 12.6. The van der Waals surface area contributed by atoms with Gasteiger partial charge in [-0.15, -0.1) is 0 Å². The van der Waals surface area contributed by atoms with Crippen molar-refractivity contribution in [3.05, 3.63) is 34.4 Å². The Kier molecular flexibility index (Phi) is 2.96. The maximum Gasteiger partial charge on any atom is 0.335 e. The Morgan fingerprint density at radius 2 is 1.88 bits per heavy atom. The average Bonchev–Trinajstić information content (AvgIpc) is 2.69. The molecule has 17 heavy (non-hydrogen) atoms. The second-order valence-electron chi connectivity index (χ2n) is 5.13. The molecule has 1 aromatic carbocycles. The number of carboxylic acid groups (broad SMARTS) is 1. The molecule has 3 N–H and O–H groups in total. The minimum Gasteiger partial charge on any atom is -0.478 e. The number of carbonyl (C=O) groups is 1. The van der Waals surface area contributed by atoms with Crippen LogP contribution in [0.3, 0.4) is 0 Å². The van der Waals surface area contributed by atoms with E-state index in [2.05, 4.69) is 0 Å². The number of carboxylic acids is 1. The molecule has 0 heterocycles. The highest BCUT2D eigenvalue weighted by Gasteiger charge is 2.33. The predicted octanol–water partition coefficient (Wildman–Crippen LogP) is 2.73. The number of benzene rings is 1. The van der Waals surface area contributed by atoms with Crippen LogP contribution in [-0.2, 0) is 5.54 Å². The van der Waals surface area contributed by atoms with Crippen LogP contribution in [0, 0.1) is 13.8 Å². The topological polar surface area (TPSA) is 63.3 Å². The van der Waals surface area contributed by atoms with Gasteiger partial charge in [0, 0.05) is 5.54 Å². The fourth-order valence-corrected chi connectivity index (χ4v) is 2.78. The molecule has 1 aliphatic rings. The molecule has 0 aromatic heterocycles. The summed E-state index contributed by atoms with van der Waals surface area (Å²) in [6.45, 7) is 3.98. The number of rotatable bonds is 2. The summed E-state index contributed by atoms with van der Waals surface area (Å²) in [5, 5.41) is 9.11. The Bertz CT molecular complexity index is 460. The summed E-state index contributed by atoms with van der Waals surface area (Å²) in [4.78, 5) is 11.1. The van der Waals surface area contributed by atoms with E-state index in [4.69, 9.17) is 10.8 Å². The van der Waals surface area contributed by atoms with Gasteiger partial charge in [-0.25, -0.2) is 4.79 Å². The summed E-state index contributed by atoms with van der Waals surface area (Å²) in [5.41, 5.74) is 9.62. The summed E-state index contributed by atoms with van der Waals surface area (Å²) in [6, 6.07) is 3.48. The van der Waals surface area contributed by atoms with Gasteiger partial charge >= 0.3 is 5.97 Å². The van der Waals surface area contributed by atoms with Gasteiger partial charge in [-0.1, -0.05) is 12.8 Å². The third kappa shape index (κ3) is 2.07. The number of nitrogens with two attached hydrogens (primary N) is 1. The number of hydrogen-bond donors (Lipinski definition) is 2. The Labute approximate surface area is 102 Å². The van der Waals surface area contributed by atoms with Gasteiger partial charge in [-0.3, -0.25) is 0 Å². The minimum atomic E-state index is -0.879. The van der Waals surface area contributed by atoms with Gasteiger partial charge in [0.25, 0.3) is 0 Å². The van der Waals surface area contributed by atoms with Gasteiger partial charge in [-0.2, -0.15) is 0 Å². The van der Waals surface area contributed by atoms with Crippen LogP contribution in [0.5, 0.6) is 0 Å². The highest BCUT2D eigenvalue weighted by molar-refractivity contribution is 5.88. The molecule has 0 unspecified atom stereocenters. The van der Waals surface area contributed by atoms with Crippen molar-refractivity contribution >= 4 is 5.97 Å². The Morgan fingerprint density at radius 3 is 2.41 bits per heavy atom. The van der Waals surface area contributed by atoms with Crippen molar-refractivity contribution < 1.29 is 9.90 Å². The van der Waals surface area contributed by atoms with Gasteiger partial charge in [0.1, 0.15) is 0 Å². The molecule has 1 aliphatic carbocycles. The van der Waals surface area contributed by atoms with E-state index in [9.17, 15) is 4.79 Å². The van der Waals surface area contributed by atoms with Crippen molar-refractivity contribution in [3.8, 4) is 0 Å². The second kappa shape index (κ2) is 4.15. The molecule has 0 radical (unpaired) electrons. The minimum absolute atomic E-state index is 0.319. The molecule has 3 nitrogen and oxygen atoms in total. The third-order valence-corrected chi connectivity index (χ3v) is 3.95. The molecule has 92 valence electrons. The van der Waals surface area contributed by atoms with Crippen LogP contribution >= 0.6 is 0 Å². The van der Waals surface area contributed by atoms with E-state index < -0.39 is 5.97 Å². The third-order valence-electron chi connectivity index (χ3n) is 3.95. The van der Waals surface area contributed by atoms with Gasteiger partial charge < -0.3 is 10.8 Å². The van der Waals surface area contributed by atoms with E-state index >= 15 is 0 Å². The molecule has 0 saturated heterocycles. The normalized spacial score (nSPS) is 18.3. The summed E-state index contributed by atoms with van der Waals surface area (Å²) in [5.74, 6) is -0.879. The Balaban J connectivity index is 2.56. The maximum absolute atomic E-state index is 11.1. The fourth-order valence-electron chi connectivity index (χ4n) is 2.78. The Morgan fingerprint density at radius 1 is 1.29 bits per heavy atom. The zero-order valence-electron chi connectivity index (χ0n) is 10.4. The van der Waals surface area contributed by atoms with Crippen molar-refractivity contribution in [1.82, 2.24) is 0 Å². The molecule has 1 aromatic rings. The number of hydrogen-bond acceptors (Lipinski definition) is 2. The van der Waals surface area contributed by atoms with E-state index in [1.165, 1.54) is 0 Å². The zero-order valence-corrected chi connectivity index (χ0v) is 10.4. The van der Waals surface area contributed by atoms with Gasteiger partial charge in [0.05, 0.1) is 5.56 Å². The largest absolute Gasteiger partial charge is 0.478 e. The lowest BCUT2D eigenvalue weighted by molar-refractivity contribution is 0.0696. The van der Waals surface area contributed by atoms with Gasteiger partial charge in [0.15, 0.2) is 0 Å². The molecule has 1 fully saturated rings. The van der Waals surface area contributed by atoms with Crippen LogP contribution in [0.2, 0.25) is 0 Å². The van der Waals surface area contributed by atoms with E-state index in [1.54, 1.807) is 12.1 Å². The van der Waals surface area contributed by atoms with E-state index in [0.29, 0.717) is 5.56 Å². The molecule has 0 spiro atoms. The van der Waals surface area contributed by atoms with Crippen molar-refractivity contribution in [2.45, 2.75) is 45.1 Å². The lowest BCUT2D eigenvalue weighted by Crippen LogP contribution is -2.34. The van der Waals surface area contributed by atoms with Crippen LogP contribution < -0.4 is 5.73 Å². The van der Waals surface area contributed by atoms with Crippen molar-refractivity contribution in [1.29, 1.82) is 0 Å². The molecule has 1 saturated carbocycles. The summed E-state index contributed by atoms with van der Waals surface area (Å²) in [6.07, 6.45) is 4.17. The quantitative estimate of drug-likeness (QED) is 0.825. The molecular weight excluding hydrogens is 214 g/mol. The first-order valence-electron chi connectivity index (χ1n) is 6.08. The summed E-state index contributed by atoms with van der Waals surface area (Å²) >= 11 is 0. The SMILES string of the molecule is Cc1cc(C(=O)O)cc(C2(N)CCCC2)c1C. The molecule has 0 aliphatic heterocycles. The molecule has 0 atom stereocenters. The highest BCUT2D eigenvalue weighted by Crippen LogP contribution is 2.38. The van der Waals surface area contributed by atoms with Gasteiger partial charge in [0.2, 0.25) is 0 Å². The molecule has 2 rings (SSSR count). The van der Waals surface area contributed by atoms with E-state index in [-0.39, 0.29) is 5.54 Å². The number of aryl methyl sites for hydroxylation is 1. The summed E-state index contributed by atoms with van der Waals surface area (Å²) < 4.78 is 0.